The molecule has 0 bridgehead atoms. The minimum atomic E-state index is -0.251. The van der Waals surface area contributed by atoms with Crippen molar-refractivity contribution in [2.45, 2.75) is 39.2 Å². The summed E-state index contributed by atoms with van der Waals surface area (Å²) in [6.45, 7) is 11.2. The van der Waals surface area contributed by atoms with Crippen LogP contribution in [0.2, 0.25) is 0 Å². The van der Waals surface area contributed by atoms with Gasteiger partial charge in [-0.3, -0.25) is 9.69 Å². The molecule has 0 unspecified atom stereocenters. The second kappa shape index (κ2) is 8.13. The number of ether oxygens (including phenoxy) is 1. The average Bonchev–Trinajstić information content (AvgIpc) is 3.01. The van der Waals surface area contributed by atoms with E-state index in [2.05, 4.69) is 14.9 Å². The van der Waals surface area contributed by atoms with Crippen molar-refractivity contribution in [3.63, 3.8) is 0 Å². The van der Waals surface area contributed by atoms with Crippen LogP contribution >= 0.6 is 0 Å². The molecule has 1 aromatic carbocycles. The van der Waals surface area contributed by atoms with Gasteiger partial charge in [-0.2, -0.15) is 0 Å². The molecule has 2 aliphatic rings. The fourth-order valence-electron chi connectivity index (χ4n) is 3.18. The topological polar surface area (TPSA) is 55.5 Å². The molecule has 0 atom stereocenters. The summed E-state index contributed by atoms with van der Waals surface area (Å²) in [5, 5.41) is 4.28. The molecule has 134 valence electrons. The Morgan fingerprint density at radius 2 is 2.04 bits per heavy atom. The number of rotatable bonds is 4. The van der Waals surface area contributed by atoms with Crippen LogP contribution in [0.25, 0.3) is 4.85 Å². The van der Waals surface area contributed by atoms with E-state index in [1.54, 1.807) is 12.1 Å². The van der Waals surface area contributed by atoms with Crippen LogP contribution in [-0.4, -0.2) is 48.4 Å². The zero-order chi connectivity index (χ0) is 17.0. The van der Waals surface area contributed by atoms with Gasteiger partial charge >= 0.3 is 5.97 Å². The molecule has 1 spiro atoms. The van der Waals surface area contributed by atoms with Gasteiger partial charge in [0.05, 0.1) is 25.4 Å². The summed E-state index contributed by atoms with van der Waals surface area (Å²) in [6.07, 6.45) is 2.47. The lowest BCUT2D eigenvalue weighted by atomic mass is 9.85. The Balaban J connectivity index is 0.00000225. The maximum Gasteiger partial charge on any atom is 0.320 e. The Labute approximate surface area is 149 Å². The largest absolute Gasteiger partial charge is 0.465 e. The first-order valence-electron chi connectivity index (χ1n) is 8.25. The summed E-state index contributed by atoms with van der Waals surface area (Å²) in [4.78, 5) is 22.9. The van der Waals surface area contributed by atoms with Crippen molar-refractivity contribution in [2.75, 3.05) is 26.2 Å². The number of benzene rings is 1. The number of carbonyl (C=O) groups is 1. The van der Waals surface area contributed by atoms with Crippen molar-refractivity contribution >= 4 is 17.4 Å². The SMILES string of the molecule is C.[C-]#[N+]c1ccc(C2=NOC3(CCN(CC(=O)OCC)CC3)C2)cc1. The van der Waals surface area contributed by atoms with Crippen molar-refractivity contribution < 1.29 is 14.4 Å². The molecule has 1 aromatic rings. The van der Waals surface area contributed by atoms with E-state index in [1.165, 1.54) is 0 Å². The highest BCUT2D eigenvalue weighted by atomic mass is 16.7. The number of hydrogen-bond donors (Lipinski definition) is 0. The van der Waals surface area contributed by atoms with E-state index in [-0.39, 0.29) is 19.0 Å². The van der Waals surface area contributed by atoms with Gasteiger partial charge in [0.25, 0.3) is 0 Å². The van der Waals surface area contributed by atoms with Crippen LogP contribution in [0, 0.1) is 6.57 Å². The van der Waals surface area contributed by atoms with E-state index in [0.29, 0.717) is 18.8 Å². The van der Waals surface area contributed by atoms with E-state index < -0.39 is 0 Å². The number of esters is 1. The van der Waals surface area contributed by atoms with Crippen LogP contribution in [0.3, 0.4) is 0 Å². The number of nitrogens with zero attached hydrogens (tertiary/aromatic N) is 3. The fourth-order valence-corrected chi connectivity index (χ4v) is 3.18. The molecule has 0 aromatic heterocycles. The first kappa shape index (κ1) is 18.9. The van der Waals surface area contributed by atoms with Gasteiger partial charge in [0.15, 0.2) is 5.69 Å². The number of hydrogen-bond acceptors (Lipinski definition) is 5. The van der Waals surface area contributed by atoms with Crippen molar-refractivity contribution in [2.24, 2.45) is 5.16 Å². The lowest BCUT2D eigenvalue weighted by Gasteiger charge is -2.36. The Morgan fingerprint density at radius 1 is 1.36 bits per heavy atom. The molecule has 6 heteroatoms. The summed E-state index contributed by atoms with van der Waals surface area (Å²) in [5.41, 5.74) is 2.32. The number of oxime groups is 1. The summed E-state index contributed by atoms with van der Waals surface area (Å²) < 4.78 is 5.00. The van der Waals surface area contributed by atoms with Gasteiger partial charge in [-0.25, -0.2) is 4.85 Å². The third kappa shape index (κ3) is 4.37. The monoisotopic (exact) mass is 343 g/mol. The standard InChI is InChI=1S/C18H21N3O3.CH4/c1-3-23-17(22)13-21-10-8-18(9-11-21)12-16(20-24-18)14-4-6-15(19-2)7-5-14;/h4-7H,3,8-13H2,1H3;1H4. The number of likely N-dealkylation sites (tertiary alicyclic amines) is 1. The third-order valence-corrected chi connectivity index (χ3v) is 4.59. The summed E-state index contributed by atoms with van der Waals surface area (Å²) >= 11 is 0. The van der Waals surface area contributed by atoms with Gasteiger partial charge in [0.2, 0.25) is 0 Å². The minimum Gasteiger partial charge on any atom is -0.465 e. The molecule has 6 nitrogen and oxygen atoms in total. The van der Waals surface area contributed by atoms with Gasteiger partial charge < -0.3 is 9.57 Å². The second-order valence-corrected chi connectivity index (χ2v) is 6.23. The van der Waals surface area contributed by atoms with Gasteiger partial charge in [0.1, 0.15) is 5.60 Å². The fraction of sp³-hybridized carbons (Fsp3) is 0.526. The minimum absolute atomic E-state index is 0. The Hall–Kier alpha value is -2.39. The molecule has 1 fully saturated rings. The molecule has 0 amide bonds. The lowest BCUT2D eigenvalue weighted by Crippen LogP contribution is -2.46. The van der Waals surface area contributed by atoms with Crippen molar-refractivity contribution in [1.82, 2.24) is 4.90 Å². The number of piperidine rings is 1. The summed E-state index contributed by atoms with van der Waals surface area (Å²) in [5.74, 6) is -0.169. The maximum absolute atomic E-state index is 11.6. The van der Waals surface area contributed by atoms with Gasteiger partial charge in [-0.05, 0) is 12.5 Å². The highest BCUT2D eigenvalue weighted by molar-refractivity contribution is 6.01. The van der Waals surface area contributed by atoms with Crippen molar-refractivity contribution in [3.8, 4) is 0 Å². The molecular formula is C19H25N3O3. The van der Waals surface area contributed by atoms with Crippen LogP contribution in [0.15, 0.2) is 29.4 Å². The molecule has 25 heavy (non-hydrogen) atoms. The van der Waals surface area contributed by atoms with E-state index in [1.807, 2.05) is 19.1 Å². The second-order valence-electron chi connectivity index (χ2n) is 6.23. The Morgan fingerprint density at radius 3 is 2.64 bits per heavy atom. The maximum atomic E-state index is 11.6. The van der Waals surface area contributed by atoms with Crippen LogP contribution in [0.5, 0.6) is 0 Å². The first-order chi connectivity index (χ1) is 11.6. The van der Waals surface area contributed by atoms with E-state index in [4.69, 9.17) is 16.1 Å². The van der Waals surface area contributed by atoms with Crippen LogP contribution in [0.4, 0.5) is 5.69 Å². The number of carbonyl (C=O) groups excluding carboxylic acids is 1. The Bertz CT molecular complexity index is 668. The molecule has 0 radical (unpaired) electrons. The molecule has 0 saturated carbocycles. The molecule has 2 heterocycles. The van der Waals surface area contributed by atoms with Gasteiger partial charge in [-0.1, -0.05) is 36.8 Å². The quantitative estimate of drug-likeness (QED) is 0.621. The molecule has 1 saturated heterocycles. The molecule has 0 N–H and O–H groups in total. The predicted octanol–water partition coefficient (Wildman–Crippen LogP) is 3.40. The molecule has 3 rings (SSSR count). The highest BCUT2D eigenvalue weighted by Crippen LogP contribution is 2.36. The summed E-state index contributed by atoms with van der Waals surface area (Å²) in [7, 11) is 0. The molecule has 2 aliphatic heterocycles. The predicted molar refractivity (Wildman–Crippen MR) is 96.7 cm³/mol. The van der Waals surface area contributed by atoms with Crippen molar-refractivity contribution in [1.29, 1.82) is 0 Å². The van der Waals surface area contributed by atoms with Gasteiger partial charge in [-0.15, -0.1) is 0 Å². The summed E-state index contributed by atoms with van der Waals surface area (Å²) in [6, 6.07) is 7.45. The third-order valence-electron chi connectivity index (χ3n) is 4.59. The van der Waals surface area contributed by atoms with E-state index in [9.17, 15) is 4.79 Å². The lowest BCUT2D eigenvalue weighted by molar-refractivity contribution is -0.146. The Kier molecular flexibility index (Phi) is 6.16. The molecule has 0 aliphatic carbocycles. The zero-order valence-corrected chi connectivity index (χ0v) is 13.8. The van der Waals surface area contributed by atoms with Crippen LogP contribution in [0.1, 0.15) is 39.2 Å². The smallest absolute Gasteiger partial charge is 0.320 e. The van der Waals surface area contributed by atoms with E-state index >= 15 is 0 Å². The first-order valence-corrected chi connectivity index (χ1v) is 8.25. The zero-order valence-electron chi connectivity index (χ0n) is 13.8. The van der Waals surface area contributed by atoms with Gasteiger partial charge in [0, 0.05) is 32.4 Å². The normalized spacial score (nSPS) is 18.6. The average molecular weight is 343 g/mol. The van der Waals surface area contributed by atoms with E-state index in [0.717, 1.165) is 43.6 Å². The van der Waals surface area contributed by atoms with Crippen LogP contribution in [-0.2, 0) is 14.4 Å². The van der Waals surface area contributed by atoms with Crippen molar-refractivity contribution in [3.05, 3.63) is 41.2 Å². The van der Waals surface area contributed by atoms with Crippen LogP contribution < -0.4 is 0 Å². The highest BCUT2D eigenvalue weighted by Gasteiger charge is 2.42. The molecular weight excluding hydrogens is 318 g/mol.